The van der Waals surface area contributed by atoms with Gasteiger partial charge >= 0.3 is 5.97 Å². The Hall–Kier alpha value is -2.56. The third-order valence-corrected chi connectivity index (χ3v) is 4.02. The Morgan fingerprint density at radius 3 is 2.39 bits per heavy atom. The van der Waals surface area contributed by atoms with Gasteiger partial charge in [-0.3, -0.25) is 4.79 Å². The number of rotatable bonds is 6. The number of aryl methyl sites for hydroxylation is 1. The maximum Gasteiger partial charge on any atom is 0.339 e. The van der Waals surface area contributed by atoms with Crippen LogP contribution >= 0.6 is 0 Å². The standard InChI is InChI=1S/C18H21NO4/c1-4-15-14(18(21)22)10-16(23-15)17(20)19-12(3)11(2)13-8-6-5-7-9-13/h5-12H,4H2,1-3H3,(H,19,20)(H,21,22). The van der Waals surface area contributed by atoms with Crippen LogP contribution in [0.1, 0.15) is 58.9 Å². The molecule has 122 valence electrons. The molecular weight excluding hydrogens is 294 g/mol. The molecule has 0 aliphatic carbocycles. The van der Waals surface area contributed by atoms with E-state index in [4.69, 9.17) is 9.52 Å². The highest BCUT2D eigenvalue weighted by atomic mass is 16.4. The SMILES string of the molecule is CCc1oc(C(=O)NC(C)C(C)c2ccccc2)cc1C(=O)O. The summed E-state index contributed by atoms with van der Waals surface area (Å²) in [5.74, 6) is -1.02. The van der Waals surface area contributed by atoms with E-state index in [0.29, 0.717) is 12.2 Å². The van der Waals surface area contributed by atoms with E-state index >= 15 is 0 Å². The number of carboxylic acid groups (broad SMARTS) is 1. The lowest BCUT2D eigenvalue weighted by molar-refractivity contribution is 0.0694. The van der Waals surface area contributed by atoms with Gasteiger partial charge in [0.25, 0.3) is 5.91 Å². The van der Waals surface area contributed by atoms with Crippen molar-refractivity contribution in [2.75, 3.05) is 0 Å². The van der Waals surface area contributed by atoms with Gasteiger partial charge in [0.15, 0.2) is 5.76 Å². The first-order valence-electron chi connectivity index (χ1n) is 7.65. The van der Waals surface area contributed by atoms with Crippen molar-refractivity contribution < 1.29 is 19.1 Å². The molecule has 1 heterocycles. The van der Waals surface area contributed by atoms with Gasteiger partial charge in [0.2, 0.25) is 0 Å². The molecule has 0 radical (unpaired) electrons. The predicted molar refractivity (Wildman–Crippen MR) is 86.8 cm³/mol. The number of benzene rings is 1. The normalized spacial score (nSPS) is 13.3. The average molecular weight is 315 g/mol. The molecule has 0 aliphatic heterocycles. The molecule has 0 bridgehead atoms. The Morgan fingerprint density at radius 2 is 1.87 bits per heavy atom. The van der Waals surface area contributed by atoms with Gasteiger partial charge in [-0.05, 0) is 12.5 Å². The van der Waals surface area contributed by atoms with Crippen molar-refractivity contribution in [3.8, 4) is 0 Å². The second-order valence-electron chi connectivity index (χ2n) is 5.57. The van der Waals surface area contributed by atoms with Crippen LogP contribution in [0.4, 0.5) is 0 Å². The molecule has 0 saturated heterocycles. The summed E-state index contributed by atoms with van der Waals surface area (Å²) in [6.45, 7) is 5.73. The largest absolute Gasteiger partial charge is 0.478 e. The second kappa shape index (κ2) is 7.13. The van der Waals surface area contributed by atoms with Gasteiger partial charge in [-0.1, -0.05) is 44.2 Å². The summed E-state index contributed by atoms with van der Waals surface area (Å²) >= 11 is 0. The van der Waals surface area contributed by atoms with Gasteiger partial charge in [-0.15, -0.1) is 0 Å². The van der Waals surface area contributed by atoms with E-state index < -0.39 is 11.9 Å². The topological polar surface area (TPSA) is 79.5 Å². The van der Waals surface area contributed by atoms with Gasteiger partial charge < -0.3 is 14.8 Å². The number of aromatic carboxylic acids is 1. The maximum atomic E-state index is 12.3. The Kier molecular flexibility index (Phi) is 5.21. The van der Waals surface area contributed by atoms with Gasteiger partial charge in [-0.25, -0.2) is 4.79 Å². The molecule has 1 amide bonds. The minimum absolute atomic E-state index is 0.0337. The van der Waals surface area contributed by atoms with Crippen molar-refractivity contribution in [2.45, 2.75) is 39.2 Å². The van der Waals surface area contributed by atoms with Gasteiger partial charge in [0.05, 0.1) is 0 Å². The smallest absolute Gasteiger partial charge is 0.339 e. The first-order chi connectivity index (χ1) is 10.9. The number of furan rings is 1. The van der Waals surface area contributed by atoms with Crippen LogP contribution in [-0.4, -0.2) is 23.0 Å². The molecule has 2 rings (SSSR count). The summed E-state index contributed by atoms with van der Waals surface area (Å²) in [6.07, 6.45) is 0.422. The second-order valence-corrected chi connectivity index (χ2v) is 5.57. The van der Waals surface area contributed by atoms with Crippen molar-refractivity contribution in [1.82, 2.24) is 5.32 Å². The molecule has 0 saturated carbocycles. The maximum absolute atomic E-state index is 12.3. The highest BCUT2D eigenvalue weighted by molar-refractivity contribution is 5.96. The number of amides is 1. The van der Waals surface area contributed by atoms with Crippen LogP contribution in [0.5, 0.6) is 0 Å². The average Bonchev–Trinajstić information content (AvgIpc) is 2.99. The lowest BCUT2D eigenvalue weighted by Gasteiger charge is -2.21. The molecule has 1 aromatic heterocycles. The van der Waals surface area contributed by atoms with Crippen molar-refractivity contribution in [3.63, 3.8) is 0 Å². The van der Waals surface area contributed by atoms with E-state index in [9.17, 15) is 9.59 Å². The van der Waals surface area contributed by atoms with Crippen molar-refractivity contribution in [2.24, 2.45) is 0 Å². The molecule has 2 unspecified atom stereocenters. The van der Waals surface area contributed by atoms with Crippen LogP contribution in [0.3, 0.4) is 0 Å². The number of carbonyl (C=O) groups excluding carboxylic acids is 1. The fourth-order valence-corrected chi connectivity index (χ4v) is 2.43. The minimum atomic E-state index is -1.09. The quantitative estimate of drug-likeness (QED) is 0.855. The third kappa shape index (κ3) is 3.80. The molecule has 23 heavy (non-hydrogen) atoms. The Balaban J connectivity index is 2.11. The molecule has 2 atom stereocenters. The minimum Gasteiger partial charge on any atom is -0.478 e. The first-order valence-corrected chi connectivity index (χ1v) is 7.65. The van der Waals surface area contributed by atoms with Crippen molar-refractivity contribution in [3.05, 3.63) is 59.0 Å². The Morgan fingerprint density at radius 1 is 1.22 bits per heavy atom. The lowest BCUT2D eigenvalue weighted by atomic mass is 9.94. The molecule has 0 fully saturated rings. The zero-order valence-corrected chi connectivity index (χ0v) is 13.5. The monoisotopic (exact) mass is 315 g/mol. The zero-order chi connectivity index (χ0) is 17.0. The number of hydrogen-bond donors (Lipinski definition) is 2. The summed E-state index contributed by atoms with van der Waals surface area (Å²) in [7, 11) is 0. The molecule has 1 aromatic carbocycles. The summed E-state index contributed by atoms with van der Waals surface area (Å²) in [5.41, 5.74) is 1.17. The molecule has 5 heteroatoms. The number of nitrogens with one attached hydrogen (secondary N) is 1. The summed E-state index contributed by atoms with van der Waals surface area (Å²) in [4.78, 5) is 23.4. The van der Waals surface area contributed by atoms with E-state index in [-0.39, 0.29) is 23.3 Å². The fraction of sp³-hybridized carbons (Fsp3) is 0.333. The molecular formula is C18H21NO4. The van der Waals surface area contributed by atoms with Crippen molar-refractivity contribution in [1.29, 1.82) is 0 Å². The number of hydrogen-bond acceptors (Lipinski definition) is 3. The zero-order valence-electron chi connectivity index (χ0n) is 13.5. The first kappa shape index (κ1) is 16.8. The van der Waals surface area contributed by atoms with E-state index in [2.05, 4.69) is 5.32 Å². The summed E-state index contributed by atoms with van der Waals surface area (Å²) in [5, 5.41) is 12.0. The molecule has 2 N–H and O–H groups in total. The van der Waals surface area contributed by atoms with E-state index in [1.54, 1.807) is 6.92 Å². The Labute approximate surface area is 135 Å². The van der Waals surface area contributed by atoms with Gasteiger partial charge in [0.1, 0.15) is 11.3 Å². The van der Waals surface area contributed by atoms with Crippen LogP contribution in [0, 0.1) is 0 Å². The van der Waals surface area contributed by atoms with Crippen LogP contribution in [-0.2, 0) is 6.42 Å². The van der Waals surface area contributed by atoms with Crippen LogP contribution < -0.4 is 5.32 Å². The third-order valence-electron chi connectivity index (χ3n) is 4.02. The lowest BCUT2D eigenvalue weighted by Crippen LogP contribution is -2.36. The molecule has 0 aliphatic rings. The number of carbonyl (C=O) groups is 2. The highest BCUT2D eigenvalue weighted by Crippen LogP contribution is 2.20. The van der Waals surface area contributed by atoms with E-state index in [1.165, 1.54) is 6.07 Å². The van der Waals surface area contributed by atoms with Gasteiger partial charge in [0, 0.05) is 24.4 Å². The predicted octanol–water partition coefficient (Wildman–Crippen LogP) is 3.46. The molecule has 0 spiro atoms. The van der Waals surface area contributed by atoms with Gasteiger partial charge in [-0.2, -0.15) is 0 Å². The van der Waals surface area contributed by atoms with Crippen molar-refractivity contribution >= 4 is 11.9 Å². The molecule has 5 nitrogen and oxygen atoms in total. The summed E-state index contributed by atoms with van der Waals surface area (Å²) < 4.78 is 5.38. The number of carboxylic acids is 1. The van der Waals surface area contributed by atoms with Crippen LogP contribution in [0.15, 0.2) is 40.8 Å². The van der Waals surface area contributed by atoms with E-state index in [0.717, 1.165) is 5.56 Å². The van der Waals surface area contributed by atoms with Crippen LogP contribution in [0.25, 0.3) is 0 Å². The van der Waals surface area contributed by atoms with E-state index in [1.807, 2.05) is 44.2 Å². The molecule has 2 aromatic rings. The summed E-state index contributed by atoms with van der Waals surface area (Å²) in [6, 6.07) is 11.1. The fourth-order valence-electron chi connectivity index (χ4n) is 2.43. The van der Waals surface area contributed by atoms with Crippen LogP contribution in [0.2, 0.25) is 0 Å². The highest BCUT2D eigenvalue weighted by Gasteiger charge is 2.23. The Bertz CT molecular complexity index is 690.